The van der Waals surface area contributed by atoms with Crippen LogP contribution in [0.15, 0.2) is 51.2 Å². The first-order chi connectivity index (χ1) is 13.0. The third-order valence-electron chi connectivity index (χ3n) is 4.23. The highest BCUT2D eigenvalue weighted by Crippen LogP contribution is 2.40. The van der Waals surface area contributed by atoms with Gasteiger partial charge in [-0.25, -0.2) is 8.42 Å². The standard InChI is InChI=1S/C18H17N3O4S2/c22-15(9-11-27(23,24)13-4-2-1-3-5-13)19-18-14(8-10-26-18)17-20-16(21-25-17)12-6-7-12/h1-5,8,10,12H,6-7,9,11H2,(H,19,22). The Balaban J connectivity index is 1.41. The van der Waals surface area contributed by atoms with Gasteiger partial charge < -0.3 is 9.84 Å². The fourth-order valence-corrected chi connectivity index (χ4v) is 4.64. The summed E-state index contributed by atoms with van der Waals surface area (Å²) in [5.74, 6) is 0.811. The maximum Gasteiger partial charge on any atom is 0.260 e. The van der Waals surface area contributed by atoms with E-state index >= 15 is 0 Å². The number of anilines is 1. The van der Waals surface area contributed by atoms with Crippen LogP contribution in [0.1, 0.15) is 31.0 Å². The van der Waals surface area contributed by atoms with E-state index in [-0.39, 0.29) is 23.0 Å². The molecule has 1 fully saturated rings. The van der Waals surface area contributed by atoms with Crippen molar-refractivity contribution in [2.45, 2.75) is 30.1 Å². The van der Waals surface area contributed by atoms with E-state index in [1.165, 1.54) is 23.5 Å². The molecule has 1 aliphatic carbocycles. The molecule has 0 aliphatic heterocycles. The molecule has 3 aromatic rings. The number of aromatic nitrogens is 2. The van der Waals surface area contributed by atoms with Gasteiger partial charge in [-0.05, 0) is 36.4 Å². The number of nitrogens with zero attached hydrogens (tertiary/aromatic N) is 2. The fourth-order valence-electron chi connectivity index (χ4n) is 2.59. The van der Waals surface area contributed by atoms with Crippen molar-refractivity contribution in [3.05, 3.63) is 47.6 Å². The second-order valence-electron chi connectivity index (χ2n) is 6.33. The van der Waals surface area contributed by atoms with Crippen LogP contribution in [0.3, 0.4) is 0 Å². The molecule has 1 aromatic carbocycles. The molecule has 4 rings (SSSR count). The molecular formula is C18H17N3O4S2. The summed E-state index contributed by atoms with van der Waals surface area (Å²) in [6.45, 7) is 0. The van der Waals surface area contributed by atoms with Gasteiger partial charge in [0.2, 0.25) is 5.91 Å². The predicted octanol–water partition coefficient (Wildman–Crippen LogP) is 3.48. The van der Waals surface area contributed by atoms with Gasteiger partial charge >= 0.3 is 0 Å². The van der Waals surface area contributed by atoms with Crippen LogP contribution >= 0.6 is 11.3 Å². The number of benzene rings is 1. The van der Waals surface area contributed by atoms with Crippen molar-refractivity contribution in [1.29, 1.82) is 0 Å². The molecule has 0 unspecified atom stereocenters. The van der Waals surface area contributed by atoms with E-state index in [0.717, 1.165) is 12.8 Å². The van der Waals surface area contributed by atoms with Crippen LogP contribution in [0, 0.1) is 0 Å². The molecule has 0 spiro atoms. The Labute approximate surface area is 160 Å². The maximum atomic E-state index is 12.3. The Morgan fingerprint density at radius 1 is 1.22 bits per heavy atom. The minimum absolute atomic E-state index is 0.133. The van der Waals surface area contributed by atoms with Crippen molar-refractivity contribution in [3.63, 3.8) is 0 Å². The molecule has 27 heavy (non-hydrogen) atoms. The van der Waals surface area contributed by atoms with Crippen LogP contribution < -0.4 is 5.32 Å². The average molecular weight is 403 g/mol. The third-order valence-corrected chi connectivity index (χ3v) is 6.79. The molecule has 9 heteroatoms. The van der Waals surface area contributed by atoms with E-state index < -0.39 is 9.84 Å². The Hall–Kier alpha value is -2.52. The quantitative estimate of drug-likeness (QED) is 0.648. The highest BCUT2D eigenvalue weighted by Gasteiger charge is 2.29. The molecule has 0 radical (unpaired) electrons. The fraction of sp³-hybridized carbons (Fsp3) is 0.278. The zero-order valence-corrected chi connectivity index (χ0v) is 15.9. The van der Waals surface area contributed by atoms with E-state index in [0.29, 0.717) is 28.2 Å². The molecular weight excluding hydrogens is 386 g/mol. The Morgan fingerprint density at radius 2 is 2.00 bits per heavy atom. The first kappa shape index (κ1) is 17.9. The predicted molar refractivity (Wildman–Crippen MR) is 101 cm³/mol. The normalized spacial score (nSPS) is 14.2. The second kappa shape index (κ2) is 7.24. The number of amides is 1. The van der Waals surface area contributed by atoms with E-state index in [4.69, 9.17) is 4.52 Å². The second-order valence-corrected chi connectivity index (χ2v) is 9.35. The molecule has 7 nitrogen and oxygen atoms in total. The number of sulfone groups is 1. The molecule has 1 amide bonds. The van der Waals surface area contributed by atoms with Crippen LogP contribution in [0.25, 0.3) is 11.5 Å². The monoisotopic (exact) mass is 403 g/mol. The molecule has 0 atom stereocenters. The van der Waals surface area contributed by atoms with E-state index in [2.05, 4.69) is 15.5 Å². The summed E-state index contributed by atoms with van der Waals surface area (Å²) in [7, 11) is -3.49. The smallest absolute Gasteiger partial charge is 0.260 e. The van der Waals surface area contributed by atoms with Crippen molar-refractivity contribution < 1.29 is 17.7 Å². The van der Waals surface area contributed by atoms with Gasteiger partial charge in [-0.15, -0.1) is 11.3 Å². The van der Waals surface area contributed by atoms with Crippen molar-refractivity contribution in [1.82, 2.24) is 10.1 Å². The summed E-state index contributed by atoms with van der Waals surface area (Å²) in [5, 5.41) is 9.12. The summed E-state index contributed by atoms with van der Waals surface area (Å²) in [6, 6.07) is 9.91. The number of carbonyl (C=O) groups is 1. The highest BCUT2D eigenvalue weighted by molar-refractivity contribution is 7.91. The van der Waals surface area contributed by atoms with Crippen LogP contribution in [-0.2, 0) is 14.6 Å². The number of hydrogen-bond acceptors (Lipinski definition) is 7. The lowest BCUT2D eigenvalue weighted by Gasteiger charge is -2.06. The van der Waals surface area contributed by atoms with E-state index in [1.54, 1.807) is 24.3 Å². The summed E-state index contributed by atoms with van der Waals surface area (Å²) in [4.78, 5) is 16.9. The molecule has 1 saturated carbocycles. The lowest BCUT2D eigenvalue weighted by Crippen LogP contribution is -2.17. The Morgan fingerprint density at radius 3 is 2.74 bits per heavy atom. The van der Waals surface area contributed by atoms with Gasteiger partial charge in [-0.1, -0.05) is 23.4 Å². The van der Waals surface area contributed by atoms with Crippen LogP contribution in [0.4, 0.5) is 5.00 Å². The average Bonchev–Trinajstić information content (AvgIpc) is 3.22. The van der Waals surface area contributed by atoms with Crippen molar-refractivity contribution in [3.8, 4) is 11.5 Å². The van der Waals surface area contributed by atoms with Gasteiger partial charge in [0.1, 0.15) is 5.00 Å². The molecule has 2 aromatic heterocycles. The summed E-state index contributed by atoms with van der Waals surface area (Å²) < 4.78 is 29.9. The Bertz CT molecular complexity index is 1050. The molecule has 0 saturated heterocycles. The third kappa shape index (κ3) is 4.09. The minimum Gasteiger partial charge on any atom is -0.334 e. The molecule has 1 N–H and O–H groups in total. The van der Waals surface area contributed by atoms with E-state index in [1.807, 2.05) is 5.38 Å². The minimum atomic E-state index is -3.49. The van der Waals surface area contributed by atoms with Crippen LogP contribution in [0.2, 0.25) is 0 Å². The molecule has 140 valence electrons. The lowest BCUT2D eigenvalue weighted by atomic mass is 10.3. The number of rotatable bonds is 7. The van der Waals surface area contributed by atoms with Gasteiger partial charge in [0, 0.05) is 12.3 Å². The lowest BCUT2D eigenvalue weighted by molar-refractivity contribution is -0.115. The molecule has 0 bridgehead atoms. The van der Waals surface area contributed by atoms with Gasteiger partial charge in [-0.2, -0.15) is 4.98 Å². The van der Waals surface area contributed by atoms with Gasteiger partial charge in [0.25, 0.3) is 5.89 Å². The van der Waals surface area contributed by atoms with Crippen LogP contribution in [0.5, 0.6) is 0 Å². The first-order valence-electron chi connectivity index (χ1n) is 8.52. The SMILES string of the molecule is O=C(CCS(=O)(=O)c1ccccc1)Nc1sccc1-c1nc(C2CC2)no1. The van der Waals surface area contributed by atoms with Crippen molar-refractivity contribution in [2.24, 2.45) is 0 Å². The first-order valence-corrected chi connectivity index (χ1v) is 11.1. The number of carbonyl (C=O) groups excluding carboxylic acids is 1. The largest absolute Gasteiger partial charge is 0.334 e. The topological polar surface area (TPSA) is 102 Å². The highest BCUT2D eigenvalue weighted by atomic mass is 32.2. The Kier molecular flexibility index (Phi) is 4.79. The molecule has 2 heterocycles. The summed E-state index contributed by atoms with van der Waals surface area (Å²) in [6.07, 6.45) is 2.01. The van der Waals surface area contributed by atoms with Crippen LogP contribution in [-0.4, -0.2) is 30.2 Å². The van der Waals surface area contributed by atoms with Crippen molar-refractivity contribution in [2.75, 3.05) is 11.1 Å². The zero-order chi connectivity index (χ0) is 18.9. The number of thiophene rings is 1. The van der Waals surface area contributed by atoms with Gasteiger partial charge in [0.05, 0.1) is 16.2 Å². The maximum absolute atomic E-state index is 12.3. The number of nitrogens with one attached hydrogen (secondary N) is 1. The summed E-state index contributed by atoms with van der Waals surface area (Å²) >= 11 is 1.33. The number of hydrogen-bond donors (Lipinski definition) is 1. The molecule has 1 aliphatic rings. The van der Waals surface area contributed by atoms with Gasteiger partial charge in [0.15, 0.2) is 15.7 Å². The van der Waals surface area contributed by atoms with Gasteiger partial charge in [-0.3, -0.25) is 4.79 Å². The van der Waals surface area contributed by atoms with E-state index in [9.17, 15) is 13.2 Å². The zero-order valence-electron chi connectivity index (χ0n) is 14.3. The van der Waals surface area contributed by atoms with Crippen molar-refractivity contribution >= 4 is 32.1 Å². The summed E-state index contributed by atoms with van der Waals surface area (Å²) in [5.41, 5.74) is 0.652.